The third kappa shape index (κ3) is 3.20. The van der Waals surface area contributed by atoms with Crippen LogP contribution in [0.25, 0.3) is 0 Å². The van der Waals surface area contributed by atoms with Gasteiger partial charge in [-0.1, -0.05) is 12.1 Å². The van der Waals surface area contributed by atoms with Crippen LogP contribution in [-0.4, -0.2) is 19.2 Å². The van der Waals surface area contributed by atoms with Gasteiger partial charge in [-0.15, -0.1) is 0 Å². The highest BCUT2D eigenvalue weighted by Gasteiger charge is 2.22. The molecule has 0 aromatic heterocycles. The second-order valence-corrected chi connectivity index (χ2v) is 4.84. The number of aryl methyl sites for hydroxylation is 1. The minimum Gasteiger partial charge on any atom is -0.368 e. The number of nitrogens with two attached hydrogens (primary N) is 1. The first kappa shape index (κ1) is 12.4. The van der Waals surface area contributed by atoms with E-state index in [2.05, 4.69) is 36.1 Å². The summed E-state index contributed by atoms with van der Waals surface area (Å²) in [5, 5.41) is 0. The van der Waals surface area contributed by atoms with Gasteiger partial charge in [0.05, 0.1) is 6.61 Å². The van der Waals surface area contributed by atoms with E-state index in [1.54, 1.807) is 0 Å². The maximum absolute atomic E-state index is 5.14. The SMILES string of the molecule is Cc1cccc(N2CCCCC2CCON)c1. The Balaban J connectivity index is 2.10. The van der Waals surface area contributed by atoms with Gasteiger partial charge in [0.25, 0.3) is 0 Å². The fourth-order valence-corrected chi connectivity index (χ4v) is 2.65. The molecule has 0 amide bonds. The lowest BCUT2D eigenvalue weighted by molar-refractivity contribution is 0.127. The maximum Gasteiger partial charge on any atom is 0.0698 e. The molecule has 1 heterocycles. The van der Waals surface area contributed by atoms with E-state index in [4.69, 9.17) is 10.7 Å². The van der Waals surface area contributed by atoms with Crippen molar-refractivity contribution in [1.29, 1.82) is 0 Å². The number of benzene rings is 1. The van der Waals surface area contributed by atoms with Crippen molar-refractivity contribution in [3.8, 4) is 0 Å². The summed E-state index contributed by atoms with van der Waals surface area (Å²) in [6.07, 6.45) is 4.87. The van der Waals surface area contributed by atoms with Crippen LogP contribution in [0.2, 0.25) is 0 Å². The number of rotatable bonds is 4. The third-order valence-corrected chi connectivity index (χ3v) is 3.53. The molecule has 1 atom stereocenters. The van der Waals surface area contributed by atoms with E-state index >= 15 is 0 Å². The van der Waals surface area contributed by atoms with Crippen LogP contribution in [-0.2, 0) is 4.84 Å². The Morgan fingerprint density at radius 1 is 1.41 bits per heavy atom. The zero-order valence-corrected chi connectivity index (χ0v) is 10.6. The van der Waals surface area contributed by atoms with Gasteiger partial charge in [0.15, 0.2) is 0 Å². The van der Waals surface area contributed by atoms with Gasteiger partial charge in [-0.3, -0.25) is 0 Å². The fraction of sp³-hybridized carbons (Fsp3) is 0.571. The smallest absolute Gasteiger partial charge is 0.0698 e. The molecule has 0 bridgehead atoms. The first-order valence-electron chi connectivity index (χ1n) is 6.46. The van der Waals surface area contributed by atoms with Crippen molar-refractivity contribution >= 4 is 5.69 Å². The Morgan fingerprint density at radius 3 is 3.06 bits per heavy atom. The van der Waals surface area contributed by atoms with E-state index in [0.29, 0.717) is 12.6 Å². The van der Waals surface area contributed by atoms with E-state index in [1.807, 2.05) is 0 Å². The van der Waals surface area contributed by atoms with E-state index in [9.17, 15) is 0 Å². The Bertz CT molecular complexity index is 354. The molecule has 94 valence electrons. The molecule has 0 spiro atoms. The predicted octanol–water partition coefficient (Wildman–Crippen LogP) is 2.63. The summed E-state index contributed by atoms with van der Waals surface area (Å²) in [6.45, 7) is 3.94. The van der Waals surface area contributed by atoms with Gasteiger partial charge in [0.1, 0.15) is 0 Å². The normalized spacial score (nSPS) is 20.6. The van der Waals surface area contributed by atoms with Gasteiger partial charge in [-0.25, -0.2) is 5.90 Å². The molecule has 1 unspecified atom stereocenters. The summed E-state index contributed by atoms with van der Waals surface area (Å²) < 4.78 is 0. The van der Waals surface area contributed by atoms with E-state index < -0.39 is 0 Å². The zero-order valence-electron chi connectivity index (χ0n) is 10.6. The molecule has 1 fully saturated rings. The molecule has 1 aliphatic heterocycles. The van der Waals surface area contributed by atoms with Crippen molar-refractivity contribution in [1.82, 2.24) is 0 Å². The number of hydrogen-bond acceptors (Lipinski definition) is 3. The monoisotopic (exact) mass is 234 g/mol. The number of nitrogens with zero attached hydrogens (tertiary/aromatic N) is 1. The second-order valence-electron chi connectivity index (χ2n) is 4.84. The lowest BCUT2D eigenvalue weighted by Crippen LogP contribution is -2.40. The Morgan fingerprint density at radius 2 is 2.29 bits per heavy atom. The van der Waals surface area contributed by atoms with Gasteiger partial charge in [-0.05, 0) is 50.3 Å². The van der Waals surface area contributed by atoms with Crippen molar-refractivity contribution in [2.45, 2.75) is 38.6 Å². The summed E-state index contributed by atoms with van der Waals surface area (Å²) in [6, 6.07) is 9.33. The molecule has 1 aromatic carbocycles. The molecule has 1 saturated heterocycles. The Kier molecular flexibility index (Phi) is 4.40. The van der Waals surface area contributed by atoms with Gasteiger partial charge in [0, 0.05) is 18.3 Å². The third-order valence-electron chi connectivity index (χ3n) is 3.53. The summed E-state index contributed by atoms with van der Waals surface area (Å²) in [5.41, 5.74) is 2.66. The van der Waals surface area contributed by atoms with Crippen LogP contribution in [0.15, 0.2) is 24.3 Å². The minimum atomic E-state index is 0.578. The molecule has 0 saturated carbocycles. The first-order chi connectivity index (χ1) is 8.31. The highest BCUT2D eigenvalue weighted by atomic mass is 16.6. The van der Waals surface area contributed by atoms with Crippen molar-refractivity contribution in [3.05, 3.63) is 29.8 Å². The molecule has 3 heteroatoms. The van der Waals surface area contributed by atoms with E-state index in [1.165, 1.54) is 30.5 Å². The van der Waals surface area contributed by atoms with Crippen LogP contribution in [0.5, 0.6) is 0 Å². The van der Waals surface area contributed by atoms with Gasteiger partial charge in [0.2, 0.25) is 0 Å². The number of piperidine rings is 1. The van der Waals surface area contributed by atoms with Gasteiger partial charge in [-0.2, -0.15) is 0 Å². The minimum absolute atomic E-state index is 0.578. The molecule has 0 aliphatic carbocycles. The standard InChI is InChI=1S/C14H22N2O/c1-12-5-4-7-14(11-12)16-9-3-2-6-13(16)8-10-17-15/h4-5,7,11,13H,2-3,6,8-10,15H2,1H3. The molecule has 0 radical (unpaired) electrons. The van der Waals surface area contributed by atoms with Crippen molar-refractivity contribution in [2.75, 3.05) is 18.1 Å². The molecule has 2 N–H and O–H groups in total. The molecule has 1 aliphatic rings. The molecule has 1 aromatic rings. The maximum atomic E-state index is 5.14. The highest BCUT2D eigenvalue weighted by Crippen LogP contribution is 2.26. The van der Waals surface area contributed by atoms with Crippen LogP contribution in [0.1, 0.15) is 31.2 Å². The Labute approximate surface area is 104 Å². The molecular formula is C14H22N2O. The van der Waals surface area contributed by atoms with Crippen molar-refractivity contribution in [2.24, 2.45) is 5.90 Å². The van der Waals surface area contributed by atoms with Crippen LogP contribution < -0.4 is 10.8 Å². The van der Waals surface area contributed by atoms with Crippen LogP contribution in [0.4, 0.5) is 5.69 Å². The average Bonchev–Trinajstić information content (AvgIpc) is 2.37. The van der Waals surface area contributed by atoms with Crippen LogP contribution in [0.3, 0.4) is 0 Å². The summed E-state index contributed by atoms with van der Waals surface area (Å²) in [7, 11) is 0. The summed E-state index contributed by atoms with van der Waals surface area (Å²) in [4.78, 5) is 7.24. The largest absolute Gasteiger partial charge is 0.368 e. The van der Waals surface area contributed by atoms with E-state index in [-0.39, 0.29) is 0 Å². The molecule has 2 rings (SSSR count). The Hall–Kier alpha value is -1.06. The van der Waals surface area contributed by atoms with Crippen LogP contribution in [0, 0.1) is 6.92 Å². The summed E-state index contributed by atoms with van der Waals surface area (Å²) in [5.74, 6) is 5.14. The van der Waals surface area contributed by atoms with Gasteiger partial charge >= 0.3 is 0 Å². The lowest BCUT2D eigenvalue weighted by Gasteiger charge is -2.37. The second kappa shape index (κ2) is 6.03. The number of hydrogen-bond donors (Lipinski definition) is 1. The molecular weight excluding hydrogens is 212 g/mol. The van der Waals surface area contributed by atoms with Crippen molar-refractivity contribution < 1.29 is 4.84 Å². The van der Waals surface area contributed by atoms with Crippen molar-refractivity contribution in [3.63, 3.8) is 0 Å². The zero-order chi connectivity index (χ0) is 12.1. The number of anilines is 1. The topological polar surface area (TPSA) is 38.5 Å². The predicted molar refractivity (Wildman–Crippen MR) is 70.9 cm³/mol. The fourth-order valence-electron chi connectivity index (χ4n) is 2.65. The highest BCUT2D eigenvalue weighted by molar-refractivity contribution is 5.49. The quantitative estimate of drug-likeness (QED) is 0.814. The summed E-state index contributed by atoms with van der Waals surface area (Å²) >= 11 is 0. The first-order valence-corrected chi connectivity index (χ1v) is 6.46. The lowest BCUT2D eigenvalue weighted by atomic mass is 9.98. The van der Waals surface area contributed by atoms with E-state index in [0.717, 1.165) is 13.0 Å². The molecule has 3 nitrogen and oxygen atoms in total. The van der Waals surface area contributed by atoms with Gasteiger partial charge < -0.3 is 9.74 Å². The van der Waals surface area contributed by atoms with Crippen LogP contribution >= 0.6 is 0 Å². The molecule has 17 heavy (non-hydrogen) atoms. The average molecular weight is 234 g/mol.